The van der Waals surface area contributed by atoms with Crippen LogP contribution in [0.2, 0.25) is 0 Å². The van der Waals surface area contributed by atoms with Gasteiger partial charge in [-0.15, -0.1) is 0 Å². The number of rotatable bonds is 4. The number of carbonyl (C=O) groups is 1. The molecule has 2 fully saturated rings. The highest BCUT2D eigenvalue weighted by Crippen LogP contribution is 2.28. The minimum Gasteiger partial charge on any atom is -0.444 e. The van der Waals surface area contributed by atoms with Crippen LogP contribution in [0, 0.1) is 11.8 Å². The van der Waals surface area contributed by atoms with E-state index in [9.17, 15) is 4.79 Å². The first-order chi connectivity index (χ1) is 11.2. The van der Waals surface area contributed by atoms with Crippen LogP contribution in [0.3, 0.4) is 0 Å². The van der Waals surface area contributed by atoms with Crippen molar-refractivity contribution in [3.63, 3.8) is 0 Å². The molecule has 2 rings (SSSR count). The van der Waals surface area contributed by atoms with Gasteiger partial charge in [0.25, 0.3) is 0 Å². The fourth-order valence-corrected chi connectivity index (χ4v) is 3.86. The molecule has 24 heavy (non-hydrogen) atoms. The van der Waals surface area contributed by atoms with Gasteiger partial charge in [-0.05, 0) is 51.9 Å². The Morgan fingerprint density at radius 3 is 2.38 bits per heavy atom. The van der Waals surface area contributed by atoms with Gasteiger partial charge < -0.3 is 15.0 Å². The zero-order valence-electron chi connectivity index (χ0n) is 16.3. The Hall–Kier alpha value is -0.810. The topological polar surface area (TPSA) is 44.8 Å². The van der Waals surface area contributed by atoms with E-state index in [1.807, 2.05) is 25.7 Å². The molecule has 1 saturated carbocycles. The van der Waals surface area contributed by atoms with Crippen LogP contribution < -0.4 is 5.32 Å². The molecule has 0 aromatic carbocycles. The second-order valence-electron chi connectivity index (χ2n) is 8.77. The Morgan fingerprint density at radius 1 is 1.12 bits per heavy atom. The third-order valence-corrected chi connectivity index (χ3v) is 5.29. The van der Waals surface area contributed by atoms with Crippen LogP contribution in [0.15, 0.2) is 0 Å². The van der Waals surface area contributed by atoms with Crippen LogP contribution in [-0.4, -0.2) is 66.8 Å². The molecule has 1 heterocycles. The van der Waals surface area contributed by atoms with Crippen LogP contribution in [0.25, 0.3) is 0 Å². The minimum absolute atomic E-state index is 0.176. The van der Waals surface area contributed by atoms with Gasteiger partial charge in [-0.3, -0.25) is 4.90 Å². The fourth-order valence-electron chi connectivity index (χ4n) is 3.86. The van der Waals surface area contributed by atoms with E-state index < -0.39 is 5.60 Å². The van der Waals surface area contributed by atoms with Crippen LogP contribution in [0.4, 0.5) is 4.79 Å². The van der Waals surface area contributed by atoms with Crippen LogP contribution in [0.5, 0.6) is 0 Å². The van der Waals surface area contributed by atoms with Crippen molar-refractivity contribution in [2.75, 3.05) is 39.3 Å². The summed E-state index contributed by atoms with van der Waals surface area (Å²) >= 11 is 0. The van der Waals surface area contributed by atoms with E-state index in [1.165, 1.54) is 19.3 Å². The summed E-state index contributed by atoms with van der Waals surface area (Å²) in [5, 5.41) is 3.76. The van der Waals surface area contributed by atoms with Crippen molar-refractivity contribution < 1.29 is 9.53 Å². The molecule has 5 nitrogen and oxygen atoms in total. The lowest BCUT2D eigenvalue weighted by Gasteiger charge is -2.37. The first kappa shape index (κ1) is 19.5. The molecule has 140 valence electrons. The second kappa shape index (κ2) is 8.52. The van der Waals surface area contributed by atoms with Crippen LogP contribution in [0.1, 0.15) is 53.9 Å². The lowest BCUT2D eigenvalue weighted by Crippen LogP contribution is -2.51. The van der Waals surface area contributed by atoms with E-state index in [0.29, 0.717) is 6.04 Å². The van der Waals surface area contributed by atoms with Crippen molar-refractivity contribution in [1.82, 2.24) is 15.1 Å². The van der Waals surface area contributed by atoms with Crippen LogP contribution in [-0.2, 0) is 4.74 Å². The molecule has 0 aromatic heterocycles. The van der Waals surface area contributed by atoms with E-state index in [2.05, 4.69) is 24.1 Å². The summed E-state index contributed by atoms with van der Waals surface area (Å²) < 4.78 is 5.45. The van der Waals surface area contributed by atoms with E-state index in [-0.39, 0.29) is 6.09 Å². The molecule has 1 saturated heterocycles. The minimum atomic E-state index is -0.410. The highest BCUT2D eigenvalue weighted by molar-refractivity contribution is 5.68. The molecule has 2 aliphatic rings. The van der Waals surface area contributed by atoms with Gasteiger partial charge in [-0.2, -0.15) is 0 Å². The van der Waals surface area contributed by atoms with Crippen LogP contribution >= 0.6 is 0 Å². The normalized spacial score (nSPS) is 29.5. The van der Waals surface area contributed by atoms with Crippen molar-refractivity contribution in [3.8, 4) is 0 Å². The summed E-state index contributed by atoms with van der Waals surface area (Å²) in [4.78, 5) is 16.4. The number of nitrogens with one attached hydrogen (secondary N) is 1. The maximum atomic E-state index is 12.1. The predicted octanol–water partition coefficient (Wildman–Crippen LogP) is 2.95. The quantitative estimate of drug-likeness (QED) is 0.855. The zero-order chi connectivity index (χ0) is 17.7. The van der Waals surface area contributed by atoms with Gasteiger partial charge in [0, 0.05) is 45.3 Å². The molecule has 0 aromatic rings. The molecule has 1 amide bonds. The number of hydrogen-bond donors (Lipinski definition) is 1. The highest BCUT2D eigenvalue weighted by Gasteiger charge is 2.27. The molecular weight excluding hydrogens is 302 g/mol. The summed E-state index contributed by atoms with van der Waals surface area (Å²) in [5.74, 6) is 1.68. The van der Waals surface area contributed by atoms with E-state index in [0.717, 1.165) is 51.1 Å². The fraction of sp³-hybridized carbons (Fsp3) is 0.947. The van der Waals surface area contributed by atoms with Crippen molar-refractivity contribution in [2.45, 2.75) is 65.5 Å². The molecule has 3 unspecified atom stereocenters. The second-order valence-corrected chi connectivity index (χ2v) is 8.77. The number of amides is 1. The van der Waals surface area contributed by atoms with Gasteiger partial charge in [0.05, 0.1) is 0 Å². The Balaban J connectivity index is 1.62. The van der Waals surface area contributed by atoms with Crippen molar-refractivity contribution in [2.24, 2.45) is 11.8 Å². The SMILES string of the molecule is CC1CCC(NCCN2CCN(C(=O)OC(C)(C)C)CC2)C(C)C1. The molecule has 1 N–H and O–H groups in total. The molecule has 0 bridgehead atoms. The summed E-state index contributed by atoms with van der Waals surface area (Å²) in [7, 11) is 0. The maximum Gasteiger partial charge on any atom is 0.410 e. The standard InChI is InChI=1S/C19H37N3O2/c1-15-6-7-17(16(2)14-15)20-8-9-21-10-12-22(13-11-21)18(23)24-19(3,4)5/h15-17,20H,6-14H2,1-5H3. The number of carbonyl (C=O) groups excluding carboxylic acids is 1. The number of nitrogens with zero attached hydrogens (tertiary/aromatic N) is 2. The molecule has 0 spiro atoms. The van der Waals surface area contributed by atoms with E-state index >= 15 is 0 Å². The monoisotopic (exact) mass is 339 g/mol. The Kier molecular flexibility index (Phi) is 6.93. The third-order valence-electron chi connectivity index (χ3n) is 5.29. The summed E-state index contributed by atoms with van der Waals surface area (Å²) in [6.45, 7) is 16.1. The largest absolute Gasteiger partial charge is 0.444 e. The Bertz CT molecular complexity index is 400. The first-order valence-electron chi connectivity index (χ1n) is 9.68. The first-order valence-corrected chi connectivity index (χ1v) is 9.68. The third kappa shape index (κ3) is 6.25. The molecular formula is C19H37N3O2. The molecule has 0 radical (unpaired) electrons. The lowest BCUT2D eigenvalue weighted by molar-refractivity contribution is 0.0145. The van der Waals surface area contributed by atoms with Crippen molar-refractivity contribution in [1.29, 1.82) is 0 Å². The lowest BCUT2D eigenvalue weighted by atomic mass is 9.80. The summed E-state index contributed by atoms with van der Waals surface area (Å²) in [6.07, 6.45) is 3.85. The van der Waals surface area contributed by atoms with Gasteiger partial charge in [0.15, 0.2) is 0 Å². The predicted molar refractivity (Wildman–Crippen MR) is 98.2 cm³/mol. The van der Waals surface area contributed by atoms with Gasteiger partial charge >= 0.3 is 6.09 Å². The molecule has 1 aliphatic heterocycles. The van der Waals surface area contributed by atoms with Gasteiger partial charge in [0.2, 0.25) is 0 Å². The van der Waals surface area contributed by atoms with Gasteiger partial charge in [0.1, 0.15) is 5.60 Å². The van der Waals surface area contributed by atoms with Crippen molar-refractivity contribution in [3.05, 3.63) is 0 Å². The highest BCUT2D eigenvalue weighted by atomic mass is 16.6. The number of ether oxygens (including phenoxy) is 1. The van der Waals surface area contributed by atoms with E-state index in [4.69, 9.17) is 4.74 Å². The number of hydrogen-bond acceptors (Lipinski definition) is 4. The Labute approximate surface area is 148 Å². The summed E-state index contributed by atoms with van der Waals surface area (Å²) in [6, 6.07) is 0.684. The average Bonchev–Trinajstić information content (AvgIpc) is 2.48. The Morgan fingerprint density at radius 2 is 1.79 bits per heavy atom. The molecule has 3 atom stereocenters. The van der Waals surface area contributed by atoms with E-state index in [1.54, 1.807) is 0 Å². The number of piperazine rings is 1. The zero-order valence-corrected chi connectivity index (χ0v) is 16.3. The van der Waals surface area contributed by atoms with Gasteiger partial charge in [-0.1, -0.05) is 13.8 Å². The molecule has 5 heteroatoms. The summed E-state index contributed by atoms with van der Waals surface area (Å²) in [5.41, 5.74) is -0.410. The molecule has 1 aliphatic carbocycles. The smallest absolute Gasteiger partial charge is 0.410 e. The average molecular weight is 340 g/mol. The van der Waals surface area contributed by atoms with Gasteiger partial charge in [-0.25, -0.2) is 4.79 Å². The van der Waals surface area contributed by atoms with Crippen molar-refractivity contribution >= 4 is 6.09 Å². The maximum absolute atomic E-state index is 12.1.